The number of hydrogen-bond acceptors (Lipinski definition) is 7. The zero-order valence-electron chi connectivity index (χ0n) is 19.7. The average Bonchev–Trinajstić information content (AvgIpc) is 3.52. The summed E-state index contributed by atoms with van der Waals surface area (Å²) in [6.45, 7) is 2.04. The Kier molecular flexibility index (Phi) is 6.75. The predicted molar refractivity (Wildman–Crippen MR) is 142 cm³/mol. The van der Waals surface area contributed by atoms with E-state index >= 15 is 0 Å². The monoisotopic (exact) mass is 560 g/mol. The SMILES string of the molecule is O=c1[nH]c(-c2ccc(N3CCC(OCc4c(-c5c(Cl)cccc5Cl)noc4C4CC4)CC3)cc2Cl)no1. The molecule has 1 aliphatic carbocycles. The number of anilines is 1. The molecule has 0 radical (unpaired) electrons. The van der Waals surface area contributed by atoms with Crippen LogP contribution in [0.4, 0.5) is 5.69 Å². The number of piperidine rings is 1. The molecule has 11 heteroatoms. The van der Waals surface area contributed by atoms with Crippen molar-refractivity contribution in [1.82, 2.24) is 15.3 Å². The minimum absolute atomic E-state index is 0.0997. The molecule has 0 bridgehead atoms. The van der Waals surface area contributed by atoms with Crippen LogP contribution in [0.1, 0.15) is 42.9 Å². The normalized spacial score (nSPS) is 16.5. The van der Waals surface area contributed by atoms with Crippen molar-refractivity contribution in [2.75, 3.05) is 18.0 Å². The molecular formula is C26H23Cl3N4O4. The van der Waals surface area contributed by atoms with Crippen molar-refractivity contribution in [2.24, 2.45) is 0 Å². The number of H-pyrrole nitrogens is 1. The molecule has 8 nitrogen and oxygen atoms in total. The summed E-state index contributed by atoms with van der Waals surface area (Å²) in [5, 5.41) is 9.63. The quantitative estimate of drug-likeness (QED) is 0.268. The molecule has 0 amide bonds. The van der Waals surface area contributed by atoms with Gasteiger partial charge in [-0.15, -0.1) is 0 Å². The van der Waals surface area contributed by atoms with Crippen LogP contribution in [0.25, 0.3) is 22.6 Å². The number of aromatic amines is 1. The molecule has 3 heterocycles. The number of ether oxygens (including phenoxy) is 1. The fourth-order valence-electron chi connectivity index (χ4n) is 4.77. The number of aromatic nitrogens is 3. The van der Waals surface area contributed by atoms with Crippen LogP contribution in [0.2, 0.25) is 15.1 Å². The third-order valence-electron chi connectivity index (χ3n) is 6.88. The minimum atomic E-state index is -0.616. The molecule has 0 atom stereocenters. The molecule has 0 spiro atoms. The number of hydrogen-bond donors (Lipinski definition) is 1. The molecular weight excluding hydrogens is 539 g/mol. The van der Waals surface area contributed by atoms with Crippen molar-refractivity contribution in [3.63, 3.8) is 0 Å². The van der Waals surface area contributed by atoms with Crippen LogP contribution in [0, 0.1) is 0 Å². The lowest BCUT2D eigenvalue weighted by atomic mass is 10.0. The highest BCUT2D eigenvalue weighted by Gasteiger charge is 2.34. The molecule has 1 saturated carbocycles. The van der Waals surface area contributed by atoms with Crippen molar-refractivity contribution in [2.45, 2.75) is 44.3 Å². The second-order valence-corrected chi connectivity index (χ2v) is 10.6. The summed E-state index contributed by atoms with van der Waals surface area (Å²) < 4.78 is 16.7. The van der Waals surface area contributed by atoms with Gasteiger partial charge in [0, 0.05) is 41.4 Å². The summed E-state index contributed by atoms with van der Waals surface area (Å²) in [7, 11) is 0. The third-order valence-corrected chi connectivity index (χ3v) is 7.83. The summed E-state index contributed by atoms with van der Waals surface area (Å²) in [5.74, 6) is 0.956. The maximum Gasteiger partial charge on any atom is 0.439 e. The van der Waals surface area contributed by atoms with Crippen LogP contribution in [0.3, 0.4) is 0 Å². The molecule has 2 aromatic heterocycles. The van der Waals surface area contributed by atoms with Gasteiger partial charge in [-0.1, -0.05) is 51.2 Å². The number of nitrogens with zero attached hydrogens (tertiary/aromatic N) is 3. The summed E-state index contributed by atoms with van der Waals surface area (Å²) in [6.07, 6.45) is 4.00. The Labute approximate surface area is 227 Å². The second kappa shape index (κ2) is 10.2. The van der Waals surface area contributed by atoms with Crippen LogP contribution in [-0.2, 0) is 11.3 Å². The van der Waals surface area contributed by atoms with Gasteiger partial charge in [-0.05, 0) is 56.0 Å². The highest BCUT2D eigenvalue weighted by Crippen LogP contribution is 2.46. The molecule has 1 N–H and O–H groups in total. The molecule has 192 valence electrons. The second-order valence-electron chi connectivity index (χ2n) is 9.35. The summed E-state index contributed by atoms with van der Waals surface area (Å²) in [4.78, 5) is 16.0. The molecule has 2 fully saturated rings. The minimum Gasteiger partial charge on any atom is -0.373 e. The van der Waals surface area contributed by atoms with Crippen molar-refractivity contribution >= 4 is 40.5 Å². The van der Waals surface area contributed by atoms with E-state index in [4.69, 9.17) is 44.1 Å². The van der Waals surface area contributed by atoms with Gasteiger partial charge >= 0.3 is 5.76 Å². The number of benzene rings is 2. The predicted octanol–water partition coefficient (Wildman–Crippen LogP) is 6.71. The molecule has 2 aromatic carbocycles. The van der Waals surface area contributed by atoms with E-state index in [1.165, 1.54) is 0 Å². The van der Waals surface area contributed by atoms with Gasteiger partial charge in [0.05, 0.1) is 27.8 Å². The highest BCUT2D eigenvalue weighted by molar-refractivity contribution is 6.39. The summed E-state index contributed by atoms with van der Waals surface area (Å²) in [6, 6.07) is 11.1. The summed E-state index contributed by atoms with van der Waals surface area (Å²) >= 11 is 19.4. The molecule has 37 heavy (non-hydrogen) atoms. The fraction of sp³-hybridized carbons (Fsp3) is 0.346. The molecule has 6 rings (SSSR count). The van der Waals surface area contributed by atoms with E-state index in [0.29, 0.717) is 50.2 Å². The number of nitrogens with one attached hydrogen (secondary N) is 1. The number of halogens is 3. The zero-order valence-corrected chi connectivity index (χ0v) is 21.9. The smallest absolute Gasteiger partial charge is 0.373 e. The van der Waals surface area contributed by atoms with E-state index < -0.39 is 5.76 Å². The lowest BCUT2D eigenvalue weighted by Crippen LogP contribution is -2.37. The van der Waals surface area contributed by atoms with Crippen molar-refractivity contribution in [1.29, 1.82) is 0 Å². The lowest BCUT2D eigenvalue weighted by molar-refractivity contribution is 0.0246. The van der Waals surface area contributed by atoms with Gasteiger partial charge in [-0.2, -0.15) is 0 Å². The Bertz CT molecular complexity index is 1460. The van der Waals surface area contributed by atoms with Crippen molar-refractivity contribution in [3.8, 4) is 22.6 Å². The van der Waals surface area contributed by atoms with Crippen molar-refractivity contribution < 1.29 is 13.8 Å². The fourth-order valence-corrected chi connectivity index (χ4v) is 5.61. The van der Waals surface area contributed by atoms with E-state index in [0.717, 1.165) is 55.8 Å². The van der Waals surface area contributed by atoms with Gasteiger partial charge in [0.25, 0.3) is 0 Å². The van der Waals surface area contributed by atoms with Crippen LogP contribution in [0.5, 0.6) is 0 Å². The molecule has 0 unspecified atom stereocenters. The van der Waals surface area contributed by atoms with E-state index in [9.17, 15) is 4.79 Å². The van der Waals surface area contributed by atoms with E-state index in [-0.39, 0.29) is 6.10 Å². The molecule has 2 aliphatic rings. The van der Waals surface area contributed by atoms with Crippen LogP contribution in [-0.4, -0.2) is 34.5 Å². The first-order valence-electron chi connectivity index (χ1n) is 12.1. The highest BCUT2D eigenvalue weighted by atomic mass is 35.5. The molecule has 1 saturated heterocycles. The standard InChI is InChI=1S/C26H23Cl3N4O4/c27-19-2-1-3-20(28)22(19)23-18(24(36-31-23)14-4-5-14)13-35-16-8-10-33(11-9-16)15-6-7-17(21(29)12-15)25-30-26(34)37-32-25/h1-3,6-7,12,14,16H,4-5,8-11,13H2,(H,30,32,34). The summed E-state index contributed by atoms with van der Waals surface area (Å²) in [5.41, 5.74) is 3.91. The Morgan fingerprint density at radius 1 is 0.973 bits per heavy atom. The van der Waals surface area contributed by atoms with Crippen molar-refractivity contribution in [3.05, 3.63) is 73.3 Å². The Hall–Kier alpha value is -2.78. The third kappa shape index (κ3) is 5.03. The van der Waals surface area contributed by atoms with Gasteiger partial charge in [0.1, 0.15) is 11.5 Å². The largest absolute Gasteiger partial charge is 0.439 e. The van der Waals surface area contributed by atoms with Gasteiger partial charge in [-0.25, -0.2) is 4.79 Å². The Balaban J connectivity index is 1.12. The first-order valence-corrected chi connectivity index (χ1v) is 13.3. The zero-order chi connectivity index (χ0) is 25.5. The van der Waals surface area contributed by atoms with Gasteiger partial charge in [-0.3, -0.25) is 9.51 Å². The van der Waals surface area contributed by atoms with Crippen LogP contribution in [0.15, 0.2) is 50.2 Å². The van der Waals surface area contributed by atoms with E-state index in [2.05, 4.69) is 24.7 Å². The molecule has 1 aliphatic heterocycles. The van der Waals surface area contributed by atoms with E-state index in [1.54, 1.807) is 12.1 Å². The number of rotatable bonds is 7. The van der Waals surface area contributed by atoms with Gasteiger partial charge < -0.3 is 14.2 Å². The van der Waals surface area contributed by atoms with E-state index in [1.807, 2.05) is 24.3 Å². The van der Waals surface area contributed by atoms with Crippen LogP contribution >= 0.6 is 34.8 Å². The van der Waals surface area contributed by atoms with Crippen LogP contribution < -0.4 is 10.7 Å². The first-order chi connectivity index (χ1) is 18.0. The maximum atomic E-state index is 11.3. The molecule has 4 aromatic rings. The maximum absolute atomic E-state index is 11.3. The topological polar surface area (TPSA) is 97.4 Å². The lowest BCUT2D eigenvalue weighted by Gasteiger charge is -2.33. The van der Waals surface area contributed by atoms with Gasteiger partial charge in [0.15, 0.2) is 5.82 Å². The van der Waals surface area contributed by atoms with Gasteiger partial charge in [0.2, 0.25) is 0 Å². The average molecular weight is 562 g/mol. The Morgan fingerprint density at radius 2 is 1.73 bits per heavy atom. The first kappa shape index (κ1) is 24.6. The Morgan fingerprint density at radius 3 is 2.38 bits per heavy atom.